The molecule has 0 unspecified atom stereocenters. The van der Waals surface area contributed by atoms with Crippen LogP contribution in [0.2, 0.25) is 5.02 Å². The van der Waals surface area contributed by atoms with Crippen LogP contribution in [0.4, 0.5) is 5.69 Å². The summed E-state index contributed by atoms with van der Waals surface area (Å²) in [4.78, 5) is 0.107. The van der Waals surface area contributed by atoms with E-state index in [1.807, 2.05) is 6.92 Å². The zero-order valence-electron chi connectivity index (χ0n) is 11.9. The lowest BCUT2D eigenvalue weighted by molar-refractivity contribution is 0.286. The third-order valence-corrected chi connectivity index (χ3v) is 6.44. The summed E-state index contributed by atoms with van der Waals surface area (Å²) in [5, 5.41) is 0.236. The molecule has 0 spiro atoms. The summed E-state index contributed by atoms with van der Waals surface area (Å²) < 4.78 is 26.9. The van der Waals surface area contributed by atoms with Gasteiger partial charge in [0.25, 0.3) is 0 Å². The molecule has 0 aliphatic heterocycles. The highest BCUT2D eigenvalue weighted by Gasteiger charge is 2.30. The maximum atomic E-state index is 12.7. The van der Waals surface area contributed by atoms with E-state index in [-0.39, 0.29) is 16.0 Å². The third kappa shape index (κ3) is 2.95. The van der Waals surface area contributed by atoms with Gasteiger partial charge in [-0.2, -0.15) is 4.31 Å². The second kappa shape index (κ2) is 5.92. The van der Waals surface area contributed by atoms with Gasteiger partial charge in [-0.05, 0) is 37.5 Å². The molecule has 0 saturated heterocycles. The molecule has 4 nitrogen and oxygen atoms in total. The smallest absolute Gasteiger partial charge is 0.244 e. The van der Waals surface area contributed by atoms with Crippen LogP contribution in [0.15, 0.2) is 17.0 Å². The number of rotatable bonds is 3. The monoisotopic (exact) mass is 316 g/mol. The predicted molar refractivity (Wildman–Crippen MR) is 82.4 cm³/mol. The molecule has 1 aromatic carbocycles. The molecule has 1 saturated carbocycles. The third-order valence-electron chi connectivity index (χ3n) is 4.07. The maximum Gasteiger partial charge on any atom is 0.244 e. The van der Waals surface area contributed by atoms with Gasteiger partial charge >= 0.3 is 0 Å². The van der Waals surface area contributed by atoms with E-state index in [1.54, 1.807) is 13.1 Å². The second-order valence-electron chi connectivity index (χ2n) is 5.45. The SMILES string of the molecule is Cc1cc(Cl)c(S(=O)(=O)N(C)C2CCCCC2)cc1N. The lowest BCUT2D eigenvalue weighted by Crippen LogP contribution is -2.38. The zero-order chi connectivity index (χ0) is 14.9. The lowest BCUT2D eigenvalue weighted by atomic mass is 9.96. The largest absolute Gasteiger partial charge is 0.398 e. The van der Waals surface area contributed by atoms with Gasteiger partial charge in [0.1, 0.15) is 4.90 Å². The van der Waals surface area contributed by atoms with Gasteiger partial charge < -0.3 is 5.73 Å². The fraction of sp³-hybridized carbons (Fsp3) is 0.571. The summed E-state index contributed by atoms with van der Waals surface area (Å²) in [6.45, 7) is 1.81. The minimum atomic E-state index is -3.59. The van der Waals surface area contributed by atoms with Gasteiger partial charge in [0.15, 0.2) is 0 Å². The fourth-order valence-corrected chi connectivity index (χ4v) is 4.67. The Kier molecular flexibility index (Phi) is 4.62. The Hall–Kier alpha value is -0.780. The summed E-state index contributed by atoms with van der Waals surface area (Å²) in [5.74, 6) is 0. The summed E-state index contributed by atoms with van der Waals surface area (Å²) >= 11 is 6.11. The van der Waals surface area contributed by atoms with Crippen LogP contribution in [-0.2, 0) is 10.0 Å². The van der Waals surface area contributed by atoms with Crippen LogP contribution in [0.25, 0.3) is 0 Å². The fourth-order valence-electron chi connectivity index (χ4n) is 2.66. The number of nitrogens with two attached hydrogens (primary N) is 1. The number of benzene rings is 1. The normalized spacial score (nSPS) is 17.6. The number of nitrogens with zero attached hydrogens (tertiary/aromatic N) is 1. The Balaban J connectivity index is 2.36. The van der Waals surface area contributed by atoms with Crippen molar-refractivity contribution in [3.63, 3.8) is 0 Å². The molecule has 6 heteroatoms. The molecular formula is C14H21ClN2O2S. The van der Waals surface area contributed by atoms with Gasteiger partial charge in [-0.1, -0.05) is 30.9 Å². The van der Waals surface area contributed by atoms with E-state index >= 15 is 0 Å². The first kappa shape index (κ1) is 15.6. The molecule has 0 amide bonds. The summed E-state index contributed by atoms with van der Waals surface area (Å²) in [6.07, 6.45) is 5.16. The highest BCUT2D eigenvalue weighted by atomic mass is 35.5. The van der Waals surface area contributed by atoms with Gasteiger partial charge in [0.2, 0.25) is 10.0 Å². The van der Waals surface area contributed by atoms with Crippen LogP contribution in [0, 0.1) is 6.92 Å². The van der Waals surface area contributed by atoms with Crippen LogP contribution in [0.3, 0.4) is 0 Å². The molecule has 0 bridgehead atoms. The number of hydrogen-bond acceptors (Lipinski definition) is 3. The van der Waals surface area contributed by atoms with Crippen molar-refractivity contribution < 1.29 is 8.42 Å². The molecule has 112 valence electrons. The van der Waals surface area contributed by atoms with Gasteiger partial charge in [0.05, 0.1) is 5.02 Å². The number of anilines is 1. The second-order valence-corrected chi connectivity index (χ2v) is 7.83. The summed E-state index contributed by atoms with van der Waals surface area (Å²) in [7, 11) is -1.95. The first-order valence-corrected chi connectivity index (χ1v) is 8.69. The summed E-state index contributed by atoms with van der Waals surface area (Å²) in [6, 6.07) is 3.14. The van der Waals surface area contributed by atoms with Crippen molar-refractivity contribution in [2.24, 2.45) is 0 Å². The van der Waals surface area contributed by atoms with Gasteiger partial charge in [-0.25, -0.2) is 8.42 Å². The van der Waals surface area contributed by atoms with Crippen molar-refractivity contribution in [1.29, 1.82) is 0 Å². The molecule has 20 heavy (non-hydrogen) atoms. The topological polar surface area (TPSA) is 63.4 Å². The highest BCUT2D eigenvalue weighted by Crippen LogP contribution is 2.32. The van der Waals surface area contributed by atoms with Crippen LogP contribution in [0.1, 0.15) is 37.7 Å². The molecule has 0 heterocycles. The first-order chi connectivity index (χ1) is 9.34. The molecular weight excluding hydrogens is 296 g/mol. The number of aryl methyl sites for hydroxylation is 1. The average molecular weight is 317 g/mol. The molecule has 1 fully saturated rings. The Morgan fingerprint density at radius 3 is 2.45 bits per heavy atom. The predicted octanol–water partition coefficient (Wildman–Crippen LogP) is 3.18. The van der Waals surface area contributed by atoms with Crippen LogP contribution in [-0.4, -0.2) is 25.8 Å². The Labute approximate surface area is 126 Å². The minimum Gasteiger partial charge on any atom is -0.398 e. The highest BCUT2D eigenvalue weighted by molar-refractivity contribution is 7.89. The van der Waals surface area contributed by atoms with Crippen molar-refractivity contribution in [3.05, 3.63) is 22.7 Å². The van der Waals surface area contributed by atoms with E-state index in [0.717, 1.165) is 31.2 Å². The minimum absolute atomic E-state index is 0.0624. The van der Waals surface area contributed by atoms with E-state index in [9.17, 15) is 8.42 Å². The van der Waals surface area contributed by atoms with Crippen molar-refractivity contribution in [2.45, 2.75) is 50.0 Å². The van der Waals surface area contributed by atoms with Crippen LogP contribution < -0.4 is 5.73 Å². The molecule has 1 aliphatic carbocycles. The molecule has 2 rings (SSSR count). The van der Waals surface area contributed by atoms with Crippen molar-refractivity contribution >= 4 is 27.3 Å². The van der Waals surface area contributed by atoms with Gasteiger partial charge in [-0.15, -0.1) is 0 Å². The molecule has 0 aromatic heterocycles. The summed E-state index contributed by atoms with van der Waals surface area (Å²) in [5.41, 5.74) is 7.06. The molecule has 1 aromatic rings. The van der Waals surface area contributed by atoms with E-state index in [2.05, 4.69) is 0 Å². The van der Waals surface area contributed by atoms with Crippen molar-refractivity contribution in [2.75, 3.05) is 12.8 Å². The number of halogens is 1. The van der Waals surface area contributed by atoms with Gasteiger partial charge in [-0.3, -0.25) is 0 Å². The average Bonchev–Trinajstić information content (AvgIpc) is 2.42. The van der Waals surface area contributed by atoms with Crippen LogP contribution >= 0.6 is 11.6 Å². The zero-order valence-corrected chi connectivity index (χ0v) is 13.5. The van der Waals surface area contributed by atoms with Gasteiger partial charge in [0, 0.05) is 18.8 Å². The maximum absolute atomic E-state index is 12.7. The number of hydrogen-bond donors (Lipinski definition) is 1. The molecule has 0 radical (unpaired) electrons. The molecule has 0 atom stereocenters. The number of nitrogen functional groups attached to an aromatic ring is 1. The molecule has 1 aliphatic rings. The Morgan fingerprint density at radius 1 is 1.25 bits per heavy atom. The molecule has 2 N–H and O–H groups in total. The van der Waals surface area contributed by atoms with E-state index in [4.69, 9.17) is 17.3 Å². The Morgan fingerprint density at radius 2 is 1.85 bits per heavy atom. The van der Waals surface area contributed by atoms with E-state index in [1.165, 1.54) is 16.8 Å². The quantitative estimate of drug-likeness (QED) is 0.871. The van der Waals surface area contributed by atoms with Crippen molar-refractivity contribution in [3.8, 4) is 0 Å². The number of sulfonamides is 1. The lowest BCUT2D eigenvalue weighted by Gasteiger charge is -2.30. The van der Waals surface area contributed by atoms with Crippen molar-refractivity contribution in [1.82, 2.24) is 4.31 Å². The standard InChI is InChI=1S/C14H21ClN2O2S/c1-10-8-12(15)14(9-13(10)16)20(18,19)17(2)11-6-4-3-5-7-11/h8-9,11H,3-7,16H2,1-2H3. The van der Waals surface area contributed by atoms with E-state index in [0.29, 0.717) is 5.69 Å². The Bertz CT molecular complexity index is 595. The first-order valence-electron chi connectivity index (χ1n) is 6.87. The van der Waals surface area contributed by atoms with Crippen LogP contribution in [0.5, 0.6) is 0 Å². The van der Waals surface area contributed by atoms with E-state index < -0.39 is 10.0 Å².